The number of hydrogen-bond donors (Lipinski definition) is 1. The molecule has 1 aromatic heterocycles. The molecule has 2 aliphatic rings. The molecular formula is C18H18N4O5S2. The molecule has 3 heterocycles. The summed E-state index contributed by atoms with van der Waals surface area (Å²) in [5, 5.41) is 3.05. The number of carbonyl (C=O) groups excluding carboxylic acids is 2. The number of piperidine rings is 1. The van der Waals surface area contributed by atoms with Gasteiger partial charge in [-0.25, -0.2) is 9.78 Å². The highest BCUT2D eigenvalue weighted by molar-refractivity contribution is 7.90. The number of hydrogen-bond acceptors (Lipinski definition) is 8. The Bertz CT molecular complexity index is 1110. The second kappa shape index (κ2) is 7.56. The minimum atomic E-state index is -3.70. The zero-order valence-electron chi connectivity index (χ0n) is 15.5. The Morgan fingerprint density at radius 3 is 2.90 bits per heavy atom. The van der Waals surface area contributed by atoms with Crippen LogP contribution in [-0.4, -0.2) is 56.2 Å². The van der Waals surface area contributed by atoms with E-state index >= 15 is 0 Å². The number of amides is 1. The number of likely N-dealkylation sites (tertiary alicyclic amines) is 1. The van der Waals surface area contributed by atoms with Gasteiger partial charge in [0, 0.05) is 18.7 Å². The van der Waals surface area contributed by atoms with E-state index < -0.39 is 16.0 Å². The first-order chi connectivity index (χ1) is 13.9. The second-order valence-corrected chi connectivity index (χ2v) is 9.28. The van der Waals surface area contributed by atoms with Gasteiger partial charge in [-0.15, -0.1) is 4.40 Å². The molecule has 29 heavy (non-hydrogen) atoms. The first kappa shape index (κ1) is 19.5. The van der Waals surface area contributed by atoms with E-state index in [0.717, 1.165) is 17.8 Å². The summed E-state index contributed by atoms with van der Waals surface area (Å²) in [5.74, 6) is -0.700. The predicted molar refractivity (Wildman–Crippen MR) is 107 cm³/mol. The summed E-state index contributed by atoms with van der Waals surface area (Å²) in [6, 6.07) is 6.70. The van der Waals surface area contributed by atoms with Crippen LogP contribution >= 0.6 is 11.3 Å². The van der Waals surface area contributed by atoms with Gasteiger partial charge in [-0.05, 0) is 25.0 Å². The summed E-state index contributed by atoms with van der Waals surface area (Å²) in [6.07, 6.45) is 2.75. The zero-order chi connectivity index (χ0) is 20.6. The molecule has 0 bridgehead atoms. The van der Waals surface area contributed by atoms with E-state index in [1.165, 1.54) is 19.4 Å². The number of benzene rings is 1. The van der Waals surface area contributed by atoms with Gasteiger partial charge in [-0.3, -0.25) is 4.79 Å². The van der Waals surface area contributed by atoms with Crippen molar-refractivity contribution in [2.75, 3.05) is 25.5 Å². The molecule has 0 unspecified atom stereocenters. The maximum absolute atomic E-state index is 12.7. The molecule has 1 saturated heterocycles. The Hall–Kier alpha value is -2.79. The van der Waals surface area contributed by atoms with Crippen LogP contribution in [0.2, 0.25) is 0 Å². The predicted octanol–water partition coefficient (Wildman–Crippen LogP) is 1.73. The number of fused-ring (bicyclic) bond motifs is 1. The molecule has 1 N–H and O–H groups in total. The number of amidine groups is 1. The molecular weight excluding hydrogens is 416 g/mol. The Balaban J connectivity index is 1.48. The van der Waals surface area contributed by atoms with Gasteiger partial charge in [0.25, 0.3) is 10.0 Å². The first-order valence-corrected chi connectivity index (χ1v) is 11.2. The van der Waals surface area contributed by atoms with E-state index in [9.17, 15) is 18.0 Å². The van der Waals surface area contributed by atoms with Crippen molar-refractivity contribution in [1.82, 2.24) is 9.88 Å². The molecule has 0 spiro atoms. The quantitative estimate of drug-likeness (QED) is 0.731. The average Bonchev–Trinajstić information content (AvgIpc) is 3.30. The third-order valence-corrected chi connectivity index (χ3v) is 7.04. The van der Waals surface area contributed by atoms with Crippen molar-refractivity contribution < 1.29 is 22.7 Å². The van der Waals surface area contributed by atoms with E-state index in [0.29, 0.717) is 40.9 Å². The first-order valence-electron chi connectivity index (χ1n) is 8.93. The fourth-order valence-electron chi connectivity index (χ4n) is 3.43. The monoisotopic (exact) mass is 434 g/mol. The second-order valence-electron chi connectivity index (χ2n) is 6.68. The molecule has 9 nitrogen and oxygen atoms in total. The number of ether oxygens (including phenoxy) is 1. The summed E-state index contributed by atoms with van der Waals surface area (Å²) in [7, 11) is -2.43. The lowest BCUT2D eigenvalue weighted by Gasteiger charge is -2.33. The summed E-state index contributed by atoms with van der Waals surface area (Å²) in [5.41, 5.74) is 0.566. The van der Waals surface area contributed by atoms with E-state index in [1.54, 1.807) is 18.2 Å². The number of anilines is 1. The number of carbonyl (C=O) groups is 2. The number of nitrogens with zero attached hydrogens (tertiary/aromatic N) is 3. The SMILES string of the molecule is COC(=O)c1cnc(NC(=O)[C@H]2CCCN(C3=NS(=O)(=O)c4ccccc43)C2)s1. The van der Waals surface area contributed by atoms with Gasteiger partial charge in [0.05, 0.1) is 19.2 Å². The van der Waals surface area contributed by atoms with Gasteiger partial charge in [-0.2, -0.15) is 8.42 Å². The summed E-state index contributed by atoms with van der Waals surface area (Å²) >= 11 is 1.04. The van der Waals surface area contributed by atoms with Gasteiger partial charge < -0.3 is 15.0 Å². The van der Waals surface area contributed by atoms with Crippen molar-refractivity contribution in [2.24, 2.45) is 10.3 Å². The highest BCUT2D eigenvalue weighted by atomic mass is 32.2. The van der Waals surface area contributed by atoms with Crippen LogP contribution in [0.3, 0.4) is 0 Å². The van der Waals surface area contributed by atoms with Crippen molar-refractivity contribution in [3.05, 3.63) is 40.9 Å². The zero-order valence-corrected chi connectivity index (χ0v) is 17.1. The topological polar surface area (TPSA) is 118 Å². The Kier molecular flexibility index (Phi) is 5.09. The van der Waals surface area contributed by atoms with Crippen LogP contribution in [-0.2, 0) is 19.6 Å². The third-order valence-electron chi connectivity index (χ3n) is 4.83. The van der Waals surface area contributed by atoms with E-state index in [-0.39, 0.29) is 16.7 Å². The highest BCUT2D eigenvalue weighted by Gasteiger charge is 2.35. The molecule has 0 saturated carbocycles. The van der Waals surface area contributed by atoms with Crippen LogP contribution in [0.1, 0.15) is 28.1 Å². The minimum absolute atomic E-state index is 0.194. The number of aromatic nitrogens is 1. The average molecular weight is 434 g/mol. The van der Waals surface area contributed by atoms with E-state index in [1.807, 2.05) is 4.90 Å². The maximum Gasteiger partial charge on any atom is 0.349 e. The molecule has 2 aromatic rings. The number of thiazole rings is 1. The van der Waals surface area contributed by atoms with Crippen LogP contribution in [0.4, 0.5) is 5.13 Å². The highest BCUT2D eigenvalue weighted by Crippen LogP contribution is 2.30. The Morgan fingerprint density at radius 2 is 2.10 bits per heavy atom. The Morgan fingerprint density at radius 1 is 1.31 bits per heavy atom. The number of rotatable bonds is 3. The fraction of sp³-hybridized carbons (Fsp3) is 0.333. The van der Waals surface area contributed by atoms with Gasteiger partial charge in [0.1, 0.15) is 9.77 Å². The molecule has 1 aromatic carbocycles. The molecule has 1 amide bonds. The standard InChI is InChI=1S/C18H18N4O5S2/c1-27-17(24)13-9-19-18(28-13)20-16(23)11-5-4-8-22(10-11)15-12-6-2-3-7-14(12)29(25,26)21-15/h2-3,6-7,9,11H,4-5,8,10H2,1H3,(H,19,20,23)/t11-/m0/s1. The smallest absolute Gasteiger partial charge is 0.349 e. The van der Waals surface area contributed by atoms with Gasteiger partial charge >= 0.3 is 5.97 Å². The van der Waals surface area contributed by atoms with E-state index in [2.05, 4.69) is 19.4 Å². The molecule has 11 heteroatoms. The number of methoxy groups -OCH3 is 1. The van der Waals surface area contributed by atoms with Gasteiger partial charge in [-0.1, -0.05) is 23.5 Å². The summed E-state index contributed by atoms with van der Waals surface area (Å²) < 4.78 is 33.2. The Labute approximate surface area is 171 Å². The van der Waals surface area contributed by atoms with Crippen molar-refractivity contribution in [3.63, 3.8) is 0 Å². The molecule has 1 fully saturated rings. The molecule has 4 rings (SSSR count). The molecule has 0 aliphatic carbocycles. The minimum Gasteiger partial charge on any atom is -0.465 e. The number of nitrogens with one attached hydrogen (secondary N) is 1. The van der Waals surface area contributed by atoms with Crippen molar-refractivity contribution in [1.29, 1.82) is 0 Å². The molecule has 152 valence electrons. The van der Waals surface area contributed by atoms with Crippen LogP contribution in [0.5, 0.6) is 0 Å². The lowest BCUT2D eigenvalue weighted by molar-refractivity contribution is -0.121. The third kappa shape index (κ3) is 3.75. The van der Waals surface area contributed by atoms with Gasteiger partial charge in [0.15, 0.2) is 11.0 Å². The molecule has 2 aliphatic heterocycles. The summed E-state index contributed by atoms with van der Waals surface area (Å²) in [4.78, 5) is 30.6. The molecule has 0 radical (unpaired) electrons. The maximum atomic E-state index is 12.7. The van der Waals surface area contributed by atoms with Crippen LogP contribution in [0.15, 0.2) is 39.8 Å². The number of esters is 1. The summed E-state index contributed by atoms with van der Waals surface area (Å²) in [6.45, 7) is 0.972. The van der Waals surface area contributed by atoms with Gasteiger partial charge in [0.2, 0.25) is 5.91 Å². The van der Waals surface area contributed by atoms with Crippen molar-refractivity contribution >= 4 is 44.2 Å². The number of sulfonamides is 1. The largest absolute Gasteiger partial charge is 0.465 e. The molecule has 1 atom stereocenters. The van der Waals surface area contributed by atoms with Crippen LogP contribution < -0.4 is 5.32 Å². The lowest BCUT2D eigenvalue weighted by atomic mass is 9.96. The fourth-order valence-corrected chi connectivity index (χ4v) is 5.40. The normalized spacial score (nSPS) is 20.0. The van der Waals surface area contributed by atoms with Crippen molar-refractivity contribution in [3.8, 4) is 0 Å². The van der Waals surface area contributed by atoms with Crippen LogP contribution in [0, 0.1) is 5.92 Å². The van der Waals surface area contributed by atoms with E-state index in [4.69, 9.17) is 0 Å². The lowest BCUT2D eigenvalue weighted by Crippen LogP contribution is -2.43. The van der Waals surface area contributed by atoms with Crippen molar-refractivity contribution in [2.45, 2.75) is 17.7 Å². The van der Waals surface area contributed by atoms with Crippen LogP contribution in [0.25, 0.3) is 0 Å².